The Bertz CT molecular complexity index is 540. The van der Waals surface area contributed by atoms with Crippen molar-refractivity contribution in [1.82, 2.24) is 0 Å². The first-order valence-corrected chi connectivity index (χ1v) is 8.98. The number of carbonyl (C=O) groups excluding carboxylic acids is 1. The van der Waals surface area contributed by atoms with Crippen LogP contribution in [0.2, 0.25) is 0 Å². The summed E-state index contributed by atoms with van der Waals surface area (Å²) in [7, 11) is -5.19. The molecule has 3 unspecified atom stereocenters. The van der Waals surface area contributed by atoms with E-state index in [4.69, 9.17) is 9.29 Å². The smallest absolute Gasteiger partial charge is 0.362 e. The van der Waals surface area contributed by atoms with E-state index in [1.54, 1.807) is 6.92 Å². The molecule has 1 N–H and O–H groups in total. The minimum absolute atomic E-state index is 0.173. The largest absolute Gasteiger partial charge is 0.459 e. The van der Waals surface area contributed by atoms with Gasteiger partial charge in [-0.1, -0.05) is 39.8 Å². The highest BCUT2D eigenvalue weighted by molar-refractivity contribution is 7.87. The van der Waals surface area contributed by atoms with Crippen molar-refractivity contribution in [2.45, 2.75) is 64.5 Å². The van der Waals surface area contributed by atoms with Gasteiger partial charge in [-0.05, 0) is 25.2 Å². The molecule has 0 bridgehead atoms. The standard InChI is InChI=1S/C15H25FO5S/c1-5-12(14(3,4)11-9-7-8-10-11)21-13(17)15(16,6-2)22(18,19)20/h7,9,11-12H,5-6,8,10H2,1-4H3,(H,18,19,20). The molecule has 0 fully saturated rings. The van der Waals surface area contributed by atoms with E-state index >= 15 is 0 Å². The lowest BCUT2D eigenvalue weighted by Crippen LogP contribution is -2.47. The number of alkyl halides is 1. The van der Waals surface area contributed by atoms with Gasteiger partial charge in [0.05, 0.1) is 0 Å². The minimum Gasteiger partial charge on any atom is -0.459 e. The molecule has 128 valence electrons. The van der Waals surface area contributed by atoms with E-state index in [0.29, 0.717) is 6.42 Å². The average molecular weight is 336 g/mol. The number of rotatable bonds is 7. The van der Waals surface area contributed by atoms with Crippen molar-refractivity contribution in [3.8, 4) is 0 Å². The van der Waals surface area contributed by atoms with Gasteiger partial charge in [-0.15, -0.1) is 0 Å². The van der Waals surface area contributed by atoms with Crippen LogP contribution < -0.4 is 0 Å². The zero-order valence-electron chi connectivity index (χ0n) is 13.5. The summed E-state index contributed by atoms with van der Waals surface area (Å²) in [6, 6.07) is 0. The van der Waals surface area contributed by atoms with Crippen LogP contribution >= 0.6 is 0 Å². The van der Waals surface area contributed by atoms with E-state index in [-0.39, 0.29) is 5.92 Å². The van der Waals surface area contributed by atoms with Crippen LogP contribution in [-0.2, 0) is 19.6 Å². The van der Waals surface area contributed by atoms with Crippen molar-refractivity contribution >= 4 is 16.1 Å². The summed E-state index contributed by atoms with van der Waals surface area (Å²) in [5.74, 6) is -1.37. The molecule has 0 radical (unpaired) electrons. The lowest BCUT2D eigenvalue weighted by Gasteiger charge is -2.38. The number of hydrogen-bond acceptors (Lipinski definition) is 4. The first-order valence-electron chi connectivity index (χ1n) is 7.54. The zero-order valence-corrected chi connectivity index (χ0v) is 14.3. The number of esters is 1. The molecule has 0 aromatic carbocycles. The maximum atomic E-state index is 14.4. The fourth-order valence-electron chi connectivity index (χ4n) is 2.90. The Labute approximate surface area is 131 Å². The van der Waals surface area contributed by atoms with Crippen LogP contribution in [0.1, 0.15) is 53.4 Å². The van der Waals surface area contributed by atoms with Crippen molar-refractivity contribution in [2.24, 2.45) is 11.3 Å². The summed E-state index contributed by atoms with van der Waals surface area (Å²) in [6.07, 6.45) is 5.02. The first-order chi connectivity index (χ1) is 10.0. The Kier molecular flexibility index (Phi) is 5.78. The molecule has 22 heavy (non-hydrogen) atoms. The summed E-state index contributed by atoms with van der Waals surface area (Å²) in [4.78, 5) is 12.0. The molecule has 0 spiro atoms. The highest BCUT2D eigenvalue weighted by atomic mass is 32.2. The molecular formula is C15H25FO5S. The first kappa shape index (κ1) is 19.1. The van der Waals surface area contributed by atoms with Gasteiger partial charge in [0, 0.05) is 11.8 Å². The summed E-state index contributed by atoms with van der Waals surface area (Å²) in [6.45, 7) is 6.78. The van der Waals surface area contributed by atoms with Crippen molar-refractivity contribution < 1.29 is 26.9 Å². The van der Waals surface area contributed by atoms with Crippen LogP contribution in [0, 0.1) is 11.3 Å². The summed E-state index contributed by atoms with van der Waals surface area (Å²) >= 11 is 0. The van der Waals surface area contributed by atoms with Gasteiger partial charge in [-0.3, -0.25) is 4.55 Å². The minimum atomic E-state index is -5.19. The Morgan fingerprint density at radius 3 is 2.41 bits per heavy atom. The number of hydrogen-bond donors (Lipinski definition) is 1. The van der Waals surface area contributed by atoms with Crippen LogP contribution in [0.25, 0.3) is 0 Å². The lowest BCUT2D eigenvalue weighted by molar-refractivity contribution is -0.166. The van der Waals surface area contributed by atoms with Gasteiger partial charge < -0.3 is 4.74 Å². The van der Waals surface area contributed by atoms with E-state index in [9.17, 15) is 17.6 Å². The molecule has 3 atom stereocenters. The van der Waals surface area contributed by atoms with Crippen molar-refractivity contribution in [3.63, 3.8) is 0 Å². The molecule has 7 heteroatoms. The SMILES string of the molecule is CCC(OC(=O)C(F)(CC)S(=O)(=O)O)C(C)(C)C1C=CCC1. The van der Waals surface area contributed by atoms with Crippen LogP contribution in [0.5, 0.6) is 0 Å². The van der Waals surface area contributed by atoms with E-state index in [1.807, 2.05) is 26.0 Å². The monoisotopic (exact) mass is 336 g/mol. The molecule has 0 aromatic rings. The average Bonchev–Trinajstić information content (AvgIpc) is 2.96. The number of halogens is 1. The van der Waals surface area contributed by atoms with Crippen LogP contribution in [0.15, 0.2) is 12.2 Å². The molecule has 0 saturated heterocycles. The molecule has 0 aliphatic heterocycles. The van der Waals surface area contributed by atoms with Gasteiger partial charge in [-0.2, -0.15) is 8.42 Å². The molecular weight excluding hydrogens is 311 g/mol. The van der Waals surface area contributed by atoms with Gasteiger partial charge in [0.25, 0.3) is 0 Å². The van der Waals surface area contributed by atoms with E-state index in [1.165, 1.54) is 6.92 Å². The second-order valence-corrected chi connectivity index (χ2v) is 7.89. The highest BCUT2D eigenvalue weighted by Crippen LogP contribution is 2.41. The quantitative estimate of drug-likeness (QED) is 0.438. The lowest BCUT2D eigenvalue weighted by atomic mass is 9.73. The van der Waals surface area contributed by atoms with Gasteiger partial charge >= 0.3 is 21.1 Å². The van der Waals surface area contributed by atoms with E-state index in [0.717, 1.165) is 12.8 Å². The topological polar surface area (TPSA) is 80.7 Å². The molecule has 0 heterocycles. The van der Waals surface area contributed by atoms with Crippen LogP contribution in [-0.4, -0.2) is 30.0 Å². The predicted octanol–water partition coefficient (Wildman–Crippen LogP) is 3.26. The molecule has 1 aliphatic rings. The van der Waals surface area contributed by atoms with Gasteiger partial charge in [0.1, 0.15) is 6.10 Å². The highest BCUT2D eigenvalue weighted by Gasteiger charge is 2.53. The third-order valence-electron chi connectivity index (χ3n) is 4.59. The number of ether oxygens (including phenoxy) is 1. The summed E-state index contributed by atoms with van der Waals surface area (Å²) in [5.41, 5.74) is -0.453. The van der Waals surface area contributed by atoms with Crippen molar-refractivity contribution in [2.75, 3.05) is 0 Å². The van der Waals surface area contributed by atoms with Crippen molar-refractivity contribution in [3.05, 3.63) is 12.2 Å². The maximum absolute atomic E-state index is 14.4. The normalized spacial score (nSPS) is 23.1. The second kappa shape index (κ2) is 6.66. The Morgan fingerprint density at radius 2 is 2.05 bits per heavy atom. The predicted molar refractivity (Wildman–Crippen MR) is 81.5 cm³/mol. The van der Waals surface area contributed by atoms with Gasteiger partial charge in [0.2, 0.25) is 0 Å². The summed E-state index contributed by atoms with van der Waals surface area (Å²) in [5, 5.41) is -3.41. The fraction of sp³-hybridized carbons (Fsp3) is 0.800. The number of allylic oxidation sites excluding steroid dienone is 2. The third-order valence-corrected chi connectivity index (χ3v) is 5.86. The third kappa shape index (κ3) is 3.51. The Morgan fingerprint density at radius 1 is 1.45 bits per heavy atom. The van der Waals surface area contributed by atoms with E-state index < -0.39 is 39.0 Å². The Hall–Kier alpha value is -0.950. The van der Waals surface area contributed by atoms with Crippen LogP contribution in [0.3, 0.4) is 0 Å². The van der Waals surface area contributed by atoms with Gasteiger partial charge in [0.15, 0.2) is 0 Å². The zero-order chi connectivity index (χ0) is 17.2. The Balaban J connectivity index is 2.98. The van der Waals surface area contributed by atoms with Crippen molar-refractivity contribution in [1.29, 1.82) is 0 Å². The maximum Gasteiger partial charge on any atom is 0.362 e. The summed E-state index contributed by atoms with van der Waals surface area (Å²) < 4.78 is 50.9. The number of carbonyl (C=O) groups is 1. The van der Waals surface area contributed by atoms with Gasteiger partial charge in [-0.25, -0.2) is 9.18 Å². The molecule has 0 aromatic heterocycles. The molecule has 5 nitrogen and oxygen atoms in total. The fourth-order valence-corrected chi connectivity index (χ4v) is 3.53. The molecule has 0 amide bonds. The molecule has 1 aliphatic carbocycles. The molecule has 0 saturated carbocycles. The second-order valence-electron chi connectivity index (χ2n) is 6.29. The molecule has 1 rings (SSSR count). The van der Waals surface area contributed by atoms with Crippen LogP contribution in [0.4, 0.5) is 4.39 Å². The van der Waals surface area contributed by atoms with E-state index in [2.05, 4.69) is 0 Å².